The maximum atomic E-state index is 12.2. The predicted octanol–water partition coefficient (Wildman–Crippen LogP) is 1.94. The zero-order chi connectivity index (χ0) is 17.2. The molecule has 1 aromatic rings. The molecule has 2 fully saturated rings. The van der Waals surface area contributed by atoms with E-state index in [0.717, 1.165) is 23.5 Å². The first-order valence-electron chi connectivity index (χ1n) is 8.07. The summed E-state index contributed by atoms with van der Waals surface area (Å²) in [5.74, 6) is 1.62. The van der Waals surface area contributed by atoms with Gasteiger partial charge in [-0.15, -0.1) is 0 Å². The Hall–Kier alpha value is -0.760. The van der Waals surface area contributed by atoms with E-state index < -0.39 is 10.0 Å². The molecule has 5 nitrogen and oxygen atoms in total. The normalized spacial score (nSPS) is 24.5. The summed E-state index contributed by atoms with van der Waals surface area (Å²) < 4.78 is 26.0. The van der Waals surface area contributed by atoms with Gasteiger partial charge < -0.3 is 5.32 Å². The highest BCUT2D eigenvalue weighted by molar-refractivity contribution is 7.99. The standard InChI is InChI=1S/C16H21ClN2O3S2/c17-15-4-2-1-3-12(15)13-11-14(13)16(20)18-5-10-24(21,22)19-6-8-23-9-7-19/h1-4,13-14H,5-11H2,(H,18,20). The quantitative estimate of drug-likeness (QED) is 0.808. The smallest absolute Gasteiger partial charge is 0.223 e. The largest absolute Gasteiger partial charge is 0.355 e. The molecule has 1 aromatic carbocycles. The molecule has 1 aliphatic heterocycles. The van der Waals surface area contributed by atoms with Crippen LogP contribution in [0.4, 0.5) is 0 Å². The number of carbonyl (C=O) groups is 1. The molecule has 1 saturated carbocycles. The van der Waals surface area contributed by atoms with E-state index in [2.05, 4.69) is 5.32 Å². The number of rotatable bonds is 6. The molecule has 0 aromatic heterocycles. The molecule has 0 bridgehead atoms. The van der Waals surface area contributed by atoms with Crippen LogP contribution in [0.5, 0.6) is 0 Å². The third-order valence-corrected chi connectivity index (χ3v) is 7.61. The van der Waals surface area contributed by atoms with Crippen LogP contribution in [0.15, 0.2) is 24.3 Å². The lowest BCUT2D eigenvalue weighted by atomic mass is 10.1. The lowest BCUT2D eigenvalue weighted by Crippen LogP contribution is -2.42. The van der Waals surface area contributed by atoms with Gasteiger partial charge in [0, 0.05) is 42.1 Å². The van der Waals surface area contributed by atoms with Crippen LogP contribution in [0.25, 0.3) is 0 Å². The molecule has 0 radical (unpaired) electrons. The molecule has 2 unspecified atom stereocenters. The van der Waals surface area contributed by atoms with Gasteiger partial charge in [0.2, 0.25) is 15.9 Å². The van der Waals surface area contributed by atoms with Crippen LogP contribution < -0.4 is 5.32 Å². The van der Waals surface area contributed by atoms with Gasteiger partial charge in [-0.1, -0.05) is 29.8 Å². The number of hydrogen-bond acceptors (Lipinski definition) is 4. The summed E-state index contributed by atoms with van der Waals surface area (Å²) in [6.45, 7) is 1.30. The van der Waals surface area contributed by atoms with Crippen LogP contribution in [-0.4, -0.2) is 55.5 Å². The maximum Gasteiger partial charge on any atom is 0.223 e. The molecular formula is C16H21ClN2O3S2. The van der Waals surface area contributed by atoms with E-state index in [-0.39, 0.29) is 30.0 Å². The number of halogens is 1. The van der Waals surface area contributed by atoms with Crippen LogP contribution in [0, 0.1) is 5.92 Å². The van der Waals surface area contributed by atoms with E-state index in [1.165, 1.54) is 4.31 Å². The van der Waals surface area contributed by atoms with Crippen molar-refractivity contribution in [3.05, 3.63) is 34.9 Å². The Morgan fingerprint density at radius 3 is 2.71 bits per heavy atom. The topological polar surface area (TPSA) is 66.5 Å². The van der Waals surface area contributed by atoms with Gasteiger partial charge in [0.15, 0.2) is 0 Å². The molecule has 1 heterocycles. The fraction of sp³-hybridized carbons (Fsp3) is 0.562. The molecule has 0 spiro atoms. The number of nitrogens with one attached hydrogen (secondary N) is 1. The molecule has 3 rings (SSSR count). The third-order valence-electron chi connectivity index (χ3n) is 4.45. The zero-order valence-corrected chi connectivity index (χ0v) is 15.7. The van der Waals surface area contributed by atoms with E-state index >= 15 is 0 Å². The van der Waals surface area contributed by atoms with Crippen molar-refractivity contribution in [2.45, 2.75) is 12.3 Å². The number of carbonyl (C=O) groups excluding carboxylic acids is 1. The van der Waals surface area contributed by atoms with Crippen molar-refractivity contribution in [2.24, 2.45) is 5.92 Å². The van der Waals surface area contributed by atoms with Gasteiger partial charge in [-0.3, -0.25) is 4.79 Å². The number of hydrogen-bond donors (Lipinski definition) is 1. The van der Waals surface area contributed by atoms with Crippen LogP contribution in [0.2, 0.25) is 5.02 Å². The monoisotopic (exact) mass is 388 g/mol. The Bertz CT molecular complexity index is 705. The molecule has 24 heavy (non-hydrogen) atoms. The van der Waals surface area contributed by atoms with E-state index in [1.54, 1.807) is 11.8 Å². The van der Waals surface area contributed by atoms with E-state index in [9.17, 15) is 13.2 Å². The number of thioether (sulfide) groups is 1. The van der Waals surface area contributed by atoms with Gasteiger partial charge in [-0.05, 0) is 24.0 Å². The first kappa shape index (κ1) is 18.0. The molecule has 1 aliphatic carbocycles. The SMILES string of the molecule is O=C(NCCS(=O)(=O)N1CCSCC1)C1CC1c1ccccc1Cl. The van der Waals surface area contributed by atoms with Gasteiger partial charge in [-0.25, -0.2) is 12.7 Å². The predicted molar refractivity (Wildman–Crippen MR) is 98.0 cm³/mol. The Labute approximate surface area is 152 Å². The first-order chi connectivity index (χ1) is 11.5. The van der Waals surface area contributed by atoms with Gasteiger partial charge in [0.05, 0.1) is 5.75 Å². The summed E-state index contributed by atoms with van der Waals surface area (Å²) in [5.41, 5.74) is 0.998. The van der Waals surface area contributed by atoms with Crippen LogP contribution in [0.1, 0.15) is 17.9 Å². The van der Waals surface area contributed by atoms with Crippen molar-refractivity contribution in [3.8, 4) is 0 Å². The van der Waals surface area contributed by atoms with Crippen LogP contribution >= 0.6 is 23.4 Å². The summed E-state index contributed by atoms with van der Waals surface area (Å²) in [6, 6.07) is 7.55. The van der Waals surface area contributed by atoms with E-state index in [4.69, 9.17) is 11.6 Å². The summed E-state index contributed by atoms with van der Waals surface area (Å²) in [7, 11) is -3.27. The minimum Gasteiger partial charge on any atom is -0.355 e. The molecule has 1 amide bonds. The van der Waals surface area contributed by atoms with Crippen molar-refractivity contribution in [3.63, 3.8) is 0 Å². The third kappa shape index (κ3) is 4.25. The maximum absolute atomic E-state index is 12.2. The van der Waals surface area contributed by atoms with Gasteiger partial charge in [-0.2, -0.15) is 11.8 Å². The van der Waals surface area contributed by atoms with Crippen molar-refractivity contribution in [2.75, 3.05) is 36.9 Å². The second-order valence-electron chi connectivity index (χ2n) is 6.09. The molecular weight excluding hydrogens is 368 g/mol. The number of sulfonamides is 1. The van der Waals surface area contributed by atoms with Crippen molar-refractivity contribution < 1.29 is 13.2 Å². The highest BCUT2D eigenvalue weighted by Crippen LogP contribution is 2.49. The molecule has 2 aliphatic rings. The minimum atomic E-state index is -3.27. The fourth-order valence-electron chi connectivity index (χ4n) is 2.99. The van der Waals surface area contributed by atoms with Crippen LogP contribution in [0.3, 0.4) is 0 Å². The molecule has 132 valence electrons. The van der Waals surface area contributed by atoms with Crippen molar-refractivity contribution >= 4 is 39.3 Å². The van der Waals surface area contributed by atoms with E-state index in [0.29, 0.717) is 18.1 Å². The highest BCUT2D eigenvalue weighted by atomic mass is 35.5. The number of nitrogens with zero attached hydrogens (tertiary/aromatic N) is 1. The average molecular weight is 389 g/mol. The molecule has 2 atom stereocenters. The van der Waals surface area contributed by atoms with Gasteiger partial charge in [0.1, 0.15) is 0 Å². The van der Waals surface area contributed by atoms with Gasteiger partial charge >= 0.3 is 0 Å². The Kier molecular flexibility index (Phi) is 5.74. The Balaban J connectivity index is 1.46. The number of benzene rings is 1. The summed E-state index contributed by atoms with van der Waals surface area (Å²) in [6.07, 6.45) is 0.770. The summed E-state index contributed by atoms with van der Waals surface area (Å²) in [5, 5.41) is 3.45. The lowest BCUT2D eigenvalue weighted by molar-refractivity contribution is -0.122. The van der Waals surface area contributed by atoms with E-state index in [1.807, 2.05) is 24.3 Å². The molecule has 1 saturated heterocycles. The zero-order valence-electron chi connectivity index (χ0n) is 13.3. The average Bonchev–Trinajstić information content (AvgIpc) is 3.36. The summed E-state index contributed by atoms with van der Waals surface area (Å²) >= 11 is 7.93. The Morgan fingerprint density at radius 1 is 1.29 bits per heavy atom. The van der Waals surface area contributed by atoms with Crippen molar-refractivity contribution in [1.82, 2.24) is 9.62 Å². The second kappa shape index (κ2) is 7.64. The van der Waals surface area contributed by atoms with Gasteiger partial charge in [0.25, 0.3) is 0 Å². The summed E-state index contributed by atoms with van der Waals surface area (Å²) in [4.78, 5) is 12.2. The minimum absolute atomic E-state index is 0.0348. The highest BCUT2D eigenvalue weighted by Gasteiger charge is 2.44. The number of amides is 1. The second-order valence-corrected chi connectivity index (χ2v) is 9.81. The molecule has 1 N–H and O–H groups in total. The van der Waals surface area contributed by atoms with Crippen LogP contribution in [-0.2, 0) is 14.8 Å². The van der Waals surface area contributed by atoms with Crippen molar-refractivity contribution in [1.29, 1.82) is 0 Å². The molecule has 8 heteroatoms. The Morgan fingerprint density at radius 2 is 2.00 bits per heavy atom. The first-order valence-corrected chi connectivity index (χ1v) is 11.2. The lowest BCUT2D eigenvalue weighted by Gasteiger charge is -2.25. The fourth-order valence-corrected chi connectivity index (χ4v) is 5.76.